The molecule has 0 spiro atoms. The molecule has 1 atom stereocenters. The van der Waals surface area contributed by atoms with Crippen molar-refractivity contribution in [2.24, 2.45) is 0 Å². The van der Waals surface area contributed by atoms with Crippen LogP contribution < -0.4 is 10.1 Å². The third-order valence-corrected chi connectivity index (χ3v) is 3.58. The maximum atomic E-state index is 12.2. The predicted octanol–water partition coefficient (Wildman–Crippen LogP) is 3.19. The van der Waals surface area contributed by atoms with E-state index >= 15 is 0 Å². The van der Waals surface area contributed by atoms with Gasteiger partial charge in [0.1, 0.15) is 5.75 Å². The Balaban J connectivity index is 1.91. The first-order valence-corrected chi connectivity index (χ1v) is 7.29. The summed E-state index contributed by atoms with van der Waals surface area (Å²) in [6, 6.07) is 7.82. The van der Waals surface area contributed by atoms with Crippen molar-refractivity contribution in [2.45, 2.75) is 45.1 Å². The zero-order valence-corrected chi connectivity index (χ0v) is 11.7. The van der Waals surface area contributed by atoms with E-state index in [-0.39, 0.29) is 5.78 Å². The molecular formula is C16H23NO2. The number of nitrogens with one attached hydrogen (secondary N) is 1. The zero-order chi connectivity index (χ0) is 13.5. The lowest BCUT2D eigenvalue weighted by atomic mass is 10.0. The second kappa shape index (κ2) is 7.29. The van der Waals surface area contributed by atoms with Gasteiger partial charge >= 0.3 is 0 Å². The first-order valence-electron chi connectivity index (χ1n) is 7.29. The van der Waals surface area contributed by atoms with Crippen LogP contribution in [0.25, 0.3) is 0 Å². The Morgan fingerprint density at radius 2 is 2.05 bits per heavy atom. The number of carbonyl (C=O) groups excluding carboxylic acids is 1. The Labute approximate surface area is 115 Å². The Bertz CT molecular complexity index is 392. The fourth-order valence-electron chi connectivity index (χ4n) is 2.52. The van der Waals surface area contributed by atoms with Gasteiger partial charge in [-0.2, -0.15) is 0 Å². The minimum atomic E-state index is 0.224. The third-order valence-electron chi connectivity index (χ3n) is 3.58. The number of benzene rings is 1. The summed E-state index contributed by atoms with van der Waals surface area (Å²) in [5, 5.41) is 3.47. The normalized spacial score (nSPS) is 19.7. The van der Waals surface area contributed by atoms with Crippen molar-refractivity contribution in [3.63, 3.8) is 0 Å². The molecule has 19 heavy (non-hydrogen) atoms. The molecule has 1 heterocycles. The van der Waals surface area contributed by atoms with Crippen LogP contribution in [0.1, 0.15) is 49.4 Å². The molecule has 1 N–H and O–H groups in total. The lowest BCUT2D eigenvalue weighted by Gasteiger charge is -2.14. The molecule has 104 valence electrons. The monoisotopic (exact) mass is 261 g/mol. The average molecular weight is 261 g/mol. The highest BCUT2D eigenvalue weighted by molar-refractivity contribution is 5.96. The lowest BCUT2D eigenvalue weighted by molar-refractivity contribution is 0.0968. The van der Waals surface area contributed by atoms with Gasteiger partial charge in [0.25, 0.3) is 0 Å². The van der Waals surface area contributed by atoms with E-state index in [1.807, 2.05) is 31.2 Å². The van der Waals surface area contributed by atoms with Crippen molar-refractivity contribution < 1.29 is 9.53 Å². The van der Waals surface area contributed by atoms with Crippen LogP contribution in [0.3, 0.4) is 0 Å². The molecule has 1 fully saturated rings. The molecule has 3 heteroatoms. The second-order valence-electron chi connectivity index (χ2n) is 5.09. The van der Waals surface area contributed by atoms with Gasteiger partial charge in [-0.15, -0.1) is 0 Å². The summed E-state index contributed by atoms with van der Waals surface area (Å²) in [7, 11) is 0. The average Bonchev–Trinajstić information content (AvgIpc) is 2.68. The number of rotatable bonds is 5. The SMILES string of the molecule is CCOc1ccc(C(=O)CC2CCCCCN2)cc1. The summed E-state index contributed by atoms with van der Waals surface area (Å²) in [5.74, 6) is 1.05. The number of hydrogen-bond acceptors (Lipinski definition) is 3. The highest BCUT2D eigenvalue weighted by Gasteiger charge is 2.16. The summed E-state index contributed by atoms with van der Waals surface area (Å²) in [6.07, 6.45) is 5.46. The largest absolute Gasteiger partial charge is 0.494 e. The Kier molecular flexibility index (Phi) is 5.40. The fourth-order valence-corrected chi connectivity index (χ4v) is 2.52. The van der Waals surface area contributed by atoms with Crippen molar-refractivity contribution in [2.75, 3.05) is 13.2 Å². The molecule has 0 amide bonds. The van der Waals surface area contributed by atoms with Gasteiger partial charge in [0.15, 0.2) is 5.78 Å². The van der Waals surface area contributed by atoms with E-state index in [1.54, 1.807) is 0 Å². The molecular weight excluding hydrogens is 238 g/mol. The van der Waals surface area contributed by atoms with Gasteiger partial charge in [-0.05, 0) is 50.6 Å². The highest BCUT2D eigenvalue weighted by atomic mass is 16.5. The van der Waals surface area contributed by atoms with Crippen molar-refractivity contribution in [3.05, 3.63) is 29.8 Å². The van der Waals surface area contributed by atoms with Crippen molar-refractivity contribution in [3.8, 4) is 5.75 Å². The lowest BCUT2D eigenvalue weighted by Crippen LogP contribution is -2.30. The molecule has 1 aromatic carbocycles. The quantitative estimate of drug-likeness (QED) is 0.827. The molecule has 2 rings (SSSR count). The first kappa shape index (κ1) is 14.1. The summed E-state index contributed by atoms with van der Waals surface area (Å²) < 4.78 is 5.38. The smallest absolute Gasteiger partial charge is 0.164 e. The number of ether oxygens (including phenoxy) is 1. The standard InChI is InChI=1S/C16H23NO2/c1-2-19-15-9-7-13(8-10-15)16(18)12-14-6-4-3-5-11-17-14/h7-10,14,17H,2-6,11-12H2,1H3. The van der Waals surface area contributed by atoms with Gasteiger partial charge in [-0.3, -0.25) is 4.79 Å². The number of hydrogen-bond donors (Lipinski definition) is 1. The maximum absolute atomic E-state index is 12.2. The van der Waals surface area contributed by atoms with Gasteiger partial charge < -0.3 is 10.1 Å². The first-order chi connectivity index (χ1) is 9.29. The number of Topliss-reactive ketones (excluding diaryl/α,β-unsaturated/α-hetero) is 1. The van der Waals surface area contributed by atoms with E-state index in [0.29, 0.717) is 19.1 Å². The van der Waals surface area contributed by atoms with Gasteiger partial charge in [-0.1, -0.05) is 12.8 Å². The van der Waals surface area contributed by atoms with E-state index in [1.165, 1.54) is 19.3 Å². The predicted molar refractivity (Wildman–Crippen MR) is 76.8 cm³/mol. The Hall–Kier alpha value is -1.35. The molecule has 1 aliphatic heterocycles. The number of ketones is 1. The molecule has 0 aliphatic carbocycles. The van der Waals surface area contributed by atoms with Gasteiger partial charge in [0.05, 0.1) is 6.61 Å². The van der Waals surface area contributed by atoms with Crippen molar-refractivity contribution in [1.29, 1.82) is 0 Å². The van der Waals surface area contributed by atoms with Crippen LogP contribution >= 0.6 is 0 Å². The summed E-state index contributed by atoms with van der Waals surface area (Å²) in [6.45, 7) is 3.65. The van der Waals surface area contributed by atoms with Gasteiger partial charge in [0.2, 0.25) is 0 Å². The zero-order valence-electron chi connectivity index (χ0n) is 11.7. The van der Waals surface area contributed by atoms with Crippen molar-refractivity contribution in [1.82, 2.24) is 5.32 Å². The molecule has 1 aromatic rings. The van der Waals surface area contributed by atoms with Crippen LogP contribution in [0, 0.1) is 0 Å². The molecule has 1 unspecified atom stereocenters. The summed E-state index contributed by atoms with van der Waals surface area (Å²) in [5.41, 5.74) is 0.787. The fraction of sp³-hybridized carbons (Fsp3) is 0.562. The minimum Gasteiger partial charge on any atom is -0.494 e. The molecule has 0 bridgehead atoms. The maximum Gasteiger partial charge on any atom is 0.164 e. The van der Waals surface area contributed by atoms with Crippen LogP contribution in [0.4, 0.5) is 0 Å². The van der Waals surface area contributed by atoms with E-state index in [9.17, 15) is 4.79 Å². The van der Waals surface area contributed by atoms with Gasteiger partial charge in [0, 0.05) is 18.0 Å². The summed E-state index contributed by atoms with van der Waals surface area (Å²) in [4.78, 5) is 12.2. The topological polar surface area (TPSA) is 38.3 Å². The van der Waals surface area contributed by atoms with Crippen LogP contribution in [-0.2, 0) is 0 Å². The Morgan fingerprint density at radius 3 is 2.79 bits per heavy atom. The van der Waals surface area contributed by atoms with E-state index < -0.39 is 0 Å². The van der Waals surface area contributed by atoms with Crippen molar-refractivity contribution >= 4 is 5.78 Å². The Morgan fingerprint density at radius 1 is 1.26 bits per heavy atom. The molecule has 3 nitrogen and oxygen atoms in total. The number of carbonyl (C=O) groups is 1. The molecule has 0 saturated carbocycles. The van der Waals surface area contributed by atoms with Crippen LogP contribution in [0.15, 0.2) is 24.3 Å². The molecule has 0 radical (unpaired) electrons. The third kappa shape index (κ3) is 4.35. The van der Waals surface area contributed by atoms with Gasteiger partial charge in [-0.25, -0.2) is 0 Å². The van der Waals surface area contributed by atoms with Crippen LogP contribution in [-0.4, -0.2) is 25.0 Å². The van der Waals surface area contributed by atoms with Crippen LogP contribution in [0.2, 0.25) is 0 Å². The van der Waals surface area contributed by atoms with E-state index in [2.05, 4.69) is 5.32 Å². The van der Waals surface area contributed by atoms with Crippen LogP contribution in [0.5, 0.6) is 5.75 Å². The molecule has 0 aromatic heterocycles. The van der Waals surface area contributed by atoms with E-state index in [0.717, 1.165) is 24.3 Å². The van der Waals surface area contributed by atoms with E-state index in [4.69, 9.17) is 4.74 Å². The second-order valence-corrected chi connectivity index (χ2v) is 5.09. The minimum absolute atomic E-state index is 0.224. The molecule has 1 aliphatic rings. The molecule has 1 saturated heterocycles. The summed E-state index contributed by atoms with van der Waals surface area (Å²) >= 11 is 0. The highest BCUT2D eigenvalue weighted by Crippen LogP contribution is 2.16.